The number of aryl methyl sites for hydroxylation is 1. The molecule has 22 heavy (non-hydrogen) atoms. The van der Waals surface area contributed by atoms with Gasteiger partial charge in [-0.1, -0.05) is 18.2 Å². The van der Waals surface area contributed by atoms with Crippen LogP contribution in [0, 0.1) is 6.92 Å². The van der Waals surface area contributed by atoms with Crippen LogP contribution in [0.1, 0.15) is 36.6 Å². The van der Waals surface area contributed by atoms with Gasteiger partial charge in [0, 0.05) is 5.56 Å². The summed E-state index contributed by atoms with van der Waals surface area (Å²) in [6.07, 6.45) is 0. The van der Waals surface area contributed by atoms with Crippen molar-refractivity contribution in [2.24, 2.45) is 5.73 Å². The van der Waals surface area contributed by atoms with Crippen LogP contribution in [0.15, 0.2) is 48.5 Å². The van der Waals surface area contributed by atoms with Gasteiger partial charge in [0.05, 0.1) is 11.1 Å². The van der Waals surface area contributed by atoms with Crippen LogP contribution in [0.3, 0.4) is 0 Å². The average Bonchev–Trinajstić information content (AvgIpc) is 2.48. The maximum atomic E-state index is 10.6. The van der Waals surface area contributed by atoms with Crippen LogP contribution in [0.4, 0.5) is 0 Å². The number of nitrogens with two attached hydrogens (primary N) is 1. The summed E-state index contributed by atoms with van der Waals surface area (Å²) in [7, 11) is 0. The molecule has 1 amide bonds. The number of aromatic carboxylic acids is 2. The minimum absolute atomic E-state index is 0.0833. The quantitative estimate of drug-likeness (QED) is 0.803. The van der Waals surface area contributed by atoms with Crippen LogP contribution in [0.2, 0.25) is 0 Å². The number of carboxylic acids is 2. The third-order valence-corrected chi connectivity index (χ3v) is 2.79. The second-order valence-electron chi connectivity index (χ2n) is 4.37. The van der Waals surface area contributed by atoms with Crippen molar-refractivity contribution in [3.8, 4) is 0 Å². The largest absolute Gasteiger partial charge is 0.478 e. The summed E-state index contributed by atoms with van der Waals surface area (Å²) in [5.41, 5.74) is 6.77. The van der Waals surface area contributed by atoms with Gasteiger partial charge in [0.25, 0.3) is 0 Å². The smallest absolute Gasteiger partial charge is 0.335 e. The van der Waals surface area contributed by atoms with E-state index in [4.69, 9.17) is 15.9 Å². The van der Waals surface area contributed by atoms with Gasteiger partial charge in [0.2, 0.25) is 5.91 Å². The molecule has 2 rings (SSSR count). The molecule has 0 saturated heterocycles. The van der Waals surface area contributed by atoms with Crippen LogP contribution in [-0.4, -0.2) is 28.1 Å². The van der Waals surface area contributed by atoms with E-state index >= 15 is 0 Å². The summed E-state index contributed by atoms with van der Waals surface area (Å²) >= 11 is 0. The highest BCUT2D eigenvalue weighted by atomic mass is 16.4. The molecule has 2 aromatic rings. The van der Waals surface area contributed by atoms with Crippen LogP contribution >= 0.6 is 0 Å². The first-order valence-corrected chi connectivity index (χ1v) is 6.25. The van der Waals surface area contributed by atoms with E-state index in [2.05, 4.69) is 0 Å². The Morgan fingerprint density at radius 1 is 0.818 bits per heavy atom. The van der Waals surface area contributed by atoms with Gasteiger partial charge in [0.1, 0.15) is 0 Å². The zero-order chi connectivity index (χ0) is 16.7. The highest BCUT2D eigenvalue weighted by molar-refractivity contribution is 5.94. The first-order chi connectivity index (χ1) is 10.3. The Morgan fingerprint density at radius 3 is 1.50 bits per heavy atom. The SMILES string of the molecule is Cc1ccccc1C(N)=O.O=C(O)c1ccc(C(=O)O)cc1. The van der Waals surface area contributed by atoms with Gasteiger partial charge in [-0.2, -0.15) is 0 Å². The lowest BCUT2D eigenvalue weighted by atomic mass is 10.1. The average molecular weight is 301 g/mol. The molecular weight excluding hydrogens is 286 g/mol. The van der Waals surface area contributed by atoms with E-state index in [1.165, 1.54) is 24.3 Å². The van der Waals surface area contributed by atoms with Crippen LogP contribution in [0.25, 0.3) is 0 Å². The normalized spacial score (nSPS) is 9.32. The number of hydrogen-bond acceptors (Lipinski definition) is 3. The number of carbonyl (C=O) groups is 3. The number of carbonyl (C=O) groups excluding carboxylic acids is 1. The van der Waals surface area contributed by atoms with Gasteiger partial charge in [-0.15, -0.1) is 0 Å². The standard InChI is InChI=1S/C8H9NO.C8H6O4/c1-6-4-2-3-5-7(6)8(9)10;9-7(10)5-1-2-6(4-3-5)8(11)12/h2-5H,1H3,(H2,9,10);1-4H,(H,9,10)(H,11,12). The minimum atomic E-state index is -1.06. The molecule has 0 aromatic heterocycles. The number of benzene rings is 2. The molecule has 114 valence electrons. The second-order valence-corrected chi connectivity index (χ2v) is 4.37. The molecule has 0 saturated carbocycles. The van der Waals surface area contributed by atoms with Gasteiger partial charge in [-0.05, 0) is 42.8 Å². The number of amides is 1. The molecule has 0 bridgehead atoms. The Labute approximate surface area is 126 Å². The van der Waals surface area contributed by atoms with E-state index in [0.717, 1.165) is 5.56 Å². The summed E-state index contributed by atoms with van der Waals surface area (Å²) < 4.78 is 0. The second kappa shape index (κ2) is 7.58. The van der Waals surface area contributed by atoms with Crippen LogP contribution in [-0.2, 0) is 0 Å². The third kappa shape index (κ3) is 4.75. The van der Waals surface area contributed by atoms with Gasteiger partial charge in [0.15, 0.2) is 0 Å². The Kier molecular flexibility index (Phi) is 5.83. The zero-order valence-electron chi connectivity index (χ0n) is 11.8. The van der Waals surface area contributed by atoms with Crippen molar-refractivity contribution in [2.45, 2.75) is 6.92 Å². The van der Waals surface area contributed by atoms with E-state index in [0.29, 0.717) is 5.56 Å². The molecule has 0 radical (unpaired) electrons. The Balaban J connectivity index is 0.000000224. The molecule has 0 spiro atoms. The lowest BCUT2D eigenvalue weighted by Gasteiger charge is -1.97. The molecule has 0 aliphatic rings. The monoisotopic (exact) mass is 301 g/mol. The maximum absolute atomic E-state index is 10.6. The predicted molar refractivity (Wildman–Crippen MR) is 80.1 cm³/mol. The third-order valence-electron chi connectivity index (χ3n) is 2.79. The van der Waals surface area contributed by atoms with E-state index in [1.54, 1.807) is 12.1 Å². The van der Waals surface area contributed by atoms with E-state index in [-0.39, 0.29) is 17.0 Å². The Morgan fingerprint density at radius 2 is 1.23 bits per heavy atom. The molecule has 4 N–H and O–H groups in total. The number of rotatable bonds is 3. The molecule has 0 atom stereocenters. The van der Waals surface area contributed by atoms with Gasteiger partial charge < -0.3 is 15.9 Å². The topological polar surface area (TPSA) is 118 Å². The van der Waals surface area contributed by atoms with Crippen LogP contribution in [0.5, 0.6) is 0 Å². The summed E-state index contributed by atoms with van der Waals surface area (Å²) in [6.45, 7) is 1.86. The molecule has 6 nitrogen and oxygen atoms in total. The molecule has 0 aliphatic carbocycles. The fourth-order valence-electron chi connectivity index (χ4n) is 1.60. The predicted octanol–water partition coefficient (Wildman–Crippen LogP) is 2.18. The van der Waals surface area contributed by atoms with Crippen molar-refractivity contribution in [1.29, 1.82) is 0 Å². The van der Waals surface area contributed by atoms with Crippen molar-refractivity contribution in [1.82, 2.24) is 0 Å². The number of hydrogen-bond donors (Lipinski definition) is 3. The zero-order valence-corrected chi connectivity index (χ0v) is 11.8. The molecule has 0 unspecified atom stereocenters. The van der Waals surface area contributed by atoms with E-state index in [9.17, 15) is 14.4 Å². The van der Waals surface area contributed by atoms with E-state index in [1.807, 2.05) is 19.1 Å². The van der Waals surface area contributed by atoms with Gasteiger partial charge >= 0.3 is 11.9 Å². The molecule has 0 fully saturated rings. The summed E-state index contributed by atoms with van der Waals surface area (Å²) in [5, 5.41) is 16.9. The fourth-order valence-corrected chi connectivity index (χ4v) is 1.60. The summed E-state index contributed by atoms with van der Waals surface area (Å²) in [6, 6.07) is 12.3. The van der Waals surface area contributed by atoms with Crippen molar-refractivity contribution < 1.29 is 24.6 Å². The van der Waals surface area contributed by atoms with Gasteiger partial charge in [-0.3, -0.25) is 4.79 Å². The number of primary amides is 1. The van der Waals surface area contributed by atoms with Crippen molar-refractivity contribution in [2.75, 3.05) is 0 Å². The van der Waals surface area contributed by atoms with Crippen molar-refractivity contribution in [3.05, 3.63) is 70.8 Å². The first kappa shape index (κ1) is 16.9. The minimum Gasteiger partial charge on any atom is -0.478 e. The van der Waals surface area contributed by atoms with Crippen molar-refractivity contribution in [3.63, 3.8) is 0 Å². The lowest BCUT2D eigenvalue weighted by Crippen LogP contribution is -2.12. The maximum Gasteiger partial charge on any atom is 0.335 e. The van der Waals surface area contributed by atoms with Gasteiger partial charge in [-0.25, -0.2) is 9.59 Å². The number of carboxylic acid groups (broad SMARTS) is 2. The van der Waals surface area contributed by atoms with E-state index < -0.39 is 11.9 Å². The highest BCUT2D eigenvalue weighted by Gasteiger charge is 2.04. The summed E-state index contributed by atoms with van der Waals surface area (Å²) in [4.78, 5) is 31.3. The lowest BCUT2D eigenvalue weighted by molar-refractivity contribution is 0.0681. The summed E-state index contributed by atoms with van der Waals surface area (Å²) in [5.74, 6) is -2.49. The molecule has 6 heteroatoms. The van der Waals surface area contributed by atoms with Crippen LogP contribution < -0.4 is 5.73 Å². The Hall–Kier alpha value is -3.15. The van der Waals surface area contributed by atoms with Crippen molar-refractivity contribution >= 4 is 17.8 Å². The molecule has 2 aromatic carbocycles. The Bertz CT molecular complexity index is 659. The molecule has 0 heterocycles. The molecular formula is C16H15NO5. The molecule has 0 aliphatic heterocycles. The first-order valence-electron chi connectivity index (χ1n) is 6.25. The fraction of sp³-hybridized carbons (Fsp3) is 0.0625. The highest BCUT2D eigenvalue weighted by Crippen LogP contribution is 2.05.